The Hall–Kier alpha value is -2.81. The van der Waals surface area contributed by atoms with E-state index in [1.54, 1.807) is 17.7 Å². The number of hydrogen-bond acceptors (Lipinski definition) is 5. The number of nitriles is 1. The summed E-state index contributed by atoms with van der Waals surface area (Å²) in [7, 11) is 0. The van der Waals surface area contributed by atoms with E-state index in [0.29, 0.717) is 33.9 Å². The van der Waals surface area contributed by atoms with Crippen molar-refractivity contribution in [1.82, 2.24) is 19.7 Å². The fraction of sp³-hybridized carbons (Fsp3) is 0.158. The van der Waals surface area contributed by atoms with Gasteiger partial charge in [-0.2, -0.15) is 5.10 Å². The predicted molar refractivity (Wildman–Crippen MR) is 92.1 cm³/mol. The molecule has 0 amide bonds. The van der Waals surface area contributed by atoms with E-state index in [4.69, 9.17) is 4.42 Å². The van der Waals surface area contributed by atoms with Crippen LogP contribution in [0.3, 0.4) is 0 Å². The van der Waals surface area contributed by atoms with E-state index in [1.807, 2.05) is 32.0 Å². The van der Waals surface area contributed by atoms with Crippen molar-refractivity contribution in [2.75, 3.05) is 0 Å². The third kappa shape index (κ3) is 2.74. The molecular weight excluding hydrogens is 506 g/mol. The largest absolute Gasteiger partial charge is 0.460 e. The van der Waals surface area contributed by atoms with Gasteiger partial charge in [-0.1, -0.05) is 23.8 Å². The Kier molecular flexibility index (Phi) is 4.73. The molecule has 0 unspecified atom stereocenters. The van der Waals surface area contributed by atoms with Gasteiger partial charge in [-0.15, -0.1) is 12.1 Å². The molecule has 0 atom stereocenters. The maximum atomic E-state index is 9.28. The standard InChI is InChI=1S/C19H14N5O.Ir/c1-11-5-4-6-12(2)17(11)24-19(21-10-22-24)15-8-7-14(9-20)18-16(15)23-13(3)25-18;/h4-7,10H,1-3H3;/q-1;. The molecule has 4 rings (SSSR count). The van der Waals surface area contributed by atoms with Crippen LogP contribution in [0.5, 0.6) is 0 Å². The second kappa shape index (κ2) is 6.83. The summed E-state index contributed by atoms with van der Waals surface area (Å²) in [5.74, 6) is 1.10. The summed E-state index contributed by atoms with van der Waals surface area (Å²) in [6.45, 7) is 5.82. The smallest absolute Gasteiger partial charge is 0.180 e. The van der Waals surface area contributed by atoms with Crippen molar-refractivity contribution in [2.45, 2.75) is 20.8 Å². The molecule has 0 aliphatic heterocycles. The summed E-state index contributed by atoms with van der Waals surface area (Å²) in [4.78, 5) is 8.84. The molecule has 0 N–H and O–H groups in total. The minimum absolute atomic E-state index is 0. The number of oxazole rings is 1. The van der Waals surface area contributed by atoms with E-state index in [2.05, 4.69) is 27.2 Å². The molecule has 0 aliphatic carbocycles. The molecule has 0 aliphatic rings. The van der Waals surface area contributed by atoms with Gasteiger partial charge in [-0.25, -0.2) is 5.26 Å². The molecule has 0 spiro atoms. The van der Waals surface area contributed by atoms with Gasteiger partial charge in [0.05, 0.1) is 23.2 Å². The van der Waals surface area contributed by atoms with Gasteiger partial charge >= 0.3 is 0 Å². The van der Waals surface area contributed by atoms with Crippen LogP contribution in [0.4, 0.5) is 0 Å². The Morgan fingerprint density at radius 3 is 2.62 bits per heavy atom. The second-order valence-corrected chi connectivity index (χ2v) is 5.84. The monoisotopic (exact) mass is 521 g/mol. The summed E-state index contributed by atoms with van der Waals surface area (Å²) >= 11 is 0. The van der Waals surface area contributed by atoms with E-state index in [9.17, 15) is 5.26 Å². The number of aromatic nitrogens is 4. The number of aryl methyl sites for hydroxylation is 3. The van der Waals surface area contributed by atoms with Crippen LogP contribution in [0.2, 0.25) is 0 Å². The topological polar surface area (TPSA) is 80.5 Å². The first-order chi connectivity index (χ1) is 12.1. The quantitative estimate of drug-likeness (QED) is 0.377. The number of hydrogen-bond donors (Lipinski definition) is 0. The molecule has 2 aromatic carbocycles. The van der Waals surface area contributed by atoms with Gasteiger partial charge < -0.3 is 4.42 Å². The van der Waals surface area contributed by atoms with Crippen LogP contribution in [-0.2, 0) is 20.1 Å². The summed E-state index contributed by atoms with van der Waals surface area (Å²) in [6, 6.07) is 12.9. The molecule has 4 aromatic rings. The summed E-state index contributed by atoms with van der Waals surface area (Å²) < 4.78 is 7.39. The molecule has 6 nitrogen and oxygen atoms in total. The first-order valence-corrected chi connectivity index (χ1v) is 7.79. The van der Waals surface area contributed by atoms with Crippen molar-refractivity contribution in [3.63, 3.8) is 0 Å². The predicted octanol–water partition coefficient (Wildman–Crippen LogP) is 3.67. The van der Waals surface area contributed by atoms with Crippen LogP contribution in [0.1, 0.15) is 22.6 Å². The van der Waals surface area contributed by atoms with Crippen molar-refractivity contribution in [2.24, 2.45) is 0 Å². The third-order valence-electron chi connectivity index (χ3n) is 4.12. The van der Waals surface area contributed by atoms with Gasteiger partial charge in [0.2, 0.25) is 0 Å². The van der Waals surface area contributed by atoms with Crippen molar-refractivity contribution < 1.29 is 24.5 Å². The Labute approximate surface area is 163 Å². The number of para-hydroxylation sites is 1. The van der Waals surface area contributed by atoms with Gasteiger partial charge in [0, 0.05) is 38.1 Å². The van der Waals surface area contributed by atoms with Crippen molar-refractivity contribution in [3.05, 3.63) is 59.2 Å². The molecule has 2 heterocycles. The normalized spacial score (nSPS) is 10.5. The zero-order valence-electron chi connectivity index (χ0n) is 14.4. The van der Waals surface area contributed by atoms with Crippen LogP contribution in [0, 0.1) is 38.2 Å². The van der Waals surface area contributed by atoms with E-state index in [1.165, 1.54) is 6.33 Å². The average molecular weight is 521 g/mol. The molecule has 0 saturated heterocycles. The third-order valence-corrected chi connectivity index (χ3v) is 4.12. The van der Waals surface area contributed by atoms with Gasteiger partial charge in [0.15, 0.2) is 5.89 Å². The SMILES string of the molecule is Cc1nc2c(-c3ncnn3-c3c(C)cccc3C)[c-]cc(C#N)c2o1.[Ir]. The van der Waals surface area contributed by atoms with Crippen LogP contribution in [-0.4, -0.2) is 19.7 Å². The first-order valence-electron chi connectivity index (χ1n) is 7.79. The van der Waals surface area contributed by atoms with E-state index in [-0.39, 0.29) is 20.1 Å². The van der Waals surface area contributed by atoms with Gasteiger partial charge in [-0.05, 0) is 25.0 Å². The number of fused-ring (bicyclic) bond motifs is 1. The van der Waals surface area contributed by atoms with Crippen LogP contribution < -0.4 is 0 Å². The average Bonchev–Trinajstić information content (AvgIpc) is 3.20. The molecule has 2 aromatic heterocycles. The Morgan fingerprint density at radius 2 is 1.92 bits per heavy atom. The molecule has 0 saturated carbocycles. The van der Waals surface area contributed by atoms with Crippen molar-refractivity contribution in [3.8, 4) is 23.1 Å². The van der Waals surface area contributed by atoms with Crippen LogP contribution in [0.25, 0.3) is 28.2 Å². The maximum Gasteiger partial charge on any atom is 0.180 e. The number of rotatable bonds is 2. The first kappa shape index (κ1) is 18.0. The number of nitrogens with zero attached hydrogens (tertiary/aromatic N) is 5. The fourth-order valence-electron chi connectivity index (χ4n) is 3.03. The van der Waals surface area contributed by atoms with E-state index in [0.717, 1.165) is 16.8 Å². The van der Waals surface area contributed by atoms with Crippen molar-refractivity contribution in [1.29, 1.82) is 5.26 Å². The summed E-state index contributed by atoms with van der Waals surface area (Å²) in [6.07, 6.45) is 1.51. The van der Waals surface area contributed by atoms with Crippen LogP contribution >= 0.6 is 0 Å². The van der Waals surface area contributed by atoms with E-state index >= 15 is 0 Å². The molecular formula is C19H14IrN5O-. The summed E-state index contributed by atoms with van der Waals surface area (Å²) in [5, 5.41) is 13.7. The zero-order valence-corrected chi connectivity index (χ0v) is 16.8. The zero-order chi connectivity index (χ0) is 17.6. The van der Waals surface area contributed by atoms with Gasteiger partial charge in [0.25, 0.3) is 0 Å². The van der Waals surface area contributed by atoms with Gasteiger partial charge in [0.1, 0.15) is 6.33 Å². The fourth-order valence-corrected chi connectivity index (χ4v) is 3.03. The maximum absolute atomic E-state index is 9.28. The van der Waals surface area contributed by atoms with Crippen LogP contribution in [0.15, 0.2) is 35.0 Å². The Morgan fingerprint density at radius 1 is 1.19 bits per heavy atom. The summed E-state index contributed by atoms with van der Waals surface area (Å²) in [5.41, 5.74) is 5.23. The Bertz CT molecular complexity index is 1130. The molecule has 131 valence electrons. The minimum atomic E-state index is 0. The molecule has 1 radical (unpaired) electrons. The molecule has 0 fully saturated rings. The minimum Gasteiger partial charge on any atom is -0.460 e. The molecule has 7 heteroatoms. The Balaban J connectivity index is 0.00000196. The second-order valence-electron chi connectivity index (χ2n) is 5.84. The number of benzene rings is 2. The molecule has 0 bridgehead atoms. The van der Waals surface area contributed by atoms with Crippen molar-refractivity contribution >= 4 is 11.1 Å². The van der Waals surface area contributed by atoms with Gasteiger partial charge in [-0.3, -0.25) is 14.6 Å². The molecule has 26 heavy (non-hydrogen) atoms. The van der Waals surface area contributed by atoms with E-state index < -0.39 is 0 Å².